The Morgan fingerprint density at radius 3 is 2.78 bits per heavy atom. The van der Waals surface area contributed by atoms with Crippen molar-refractivity contribution in [2.45, 2.75) is 80.8 Å². The van der Waals surface area contributed by atoms with Gasteiger partial charge in [-0.3, -0.25) is 4.79 Å². The van der Waals surface area contributed by atoms with Crippen LogP contribution in [-0.4, -0.2) is 52.3 Å². The standard InChI is InChI=1S/C16H27N3O3S/c20-11-7-5-10(6-8-11)17-14(21)4-2-1-3-13-15-12(9-23-13)18-16(22)19-15/h10-13,15,20H,1-9H2,(H,17,21)(H2,18,19,22)/t10?,11?,12-,13-,15-/m0/s1. The van der Waals surface area contributed by atoms with Gasteiger partial charge in [0.25, 0.3) is 0 Å². The van der Waals surface area contributed by atoms with Gasteiger partial charge in [-0.05, 0) is 38.5 Å². The van der Waals surface area contributed by atoms with Crippen LogP contribution in [0.15, 0.2) is 0 Å². The van der Waals surface area contributed by atoms with Gasteiger partial charge in [0.2, 0.25) is 5.91 Å². The summed E-state index contributed by atoms with van der Waals surface area (Å²) in [6.07, 6.45) is 6.75. The Morgan fingerprint density at radius 2 is 2.00 bits per heavy atom. The van der Waals surface area contributed by atoms with Crippen molar-refractivity contribution >= 4 is 23.7 Å². The number of hydrogen-bond donors (Lipinski definition) is 4. The molecule has 3 atom stereocenters. The van der Waals surface area contributed by atoms with E-state index in [9.17, 15) is 14.7 Å². The number of fused-ring (bicyclic) bond motifs is 1. The van der Waals surface area contributed by atoms with E-state index < -0.39 is 0 Å². The molecule has 3 fully saturated rings. The number of aliphatic hydroxyl groups is 1. The summed E-state index contributed by atoms with van der Waals surface area (Å²) >= 11 is 1.92. The predicted molar refractivity (Wildman–Crippen MR) is 90.4 cm³/mol. The van der Waals surface area contributed by atoms with Gasteiger partial charge in [-0.15, -0.1) is 0 Å². The Kier molecular flexibility index (Phi) is 5.69. The van der Waals surface area contributed by atoms with Crippen molar-refractivity contribution in [1.29, 1.82) is 0 Å². The lowest BCUT2D eigenvalue weighted by Gasteiger charge is -2.26. The van der Waals surface area contributed by atoms with Gasteiger partial charge < -0.3 is 21.1 Å². The van der Waals surface area contributed by atoms with Crippen molar-refractivity contribution in [3.63, 3.8) is 0 Å². The molecule has 0 aromatic rings. The first kappa shape index (κ1) is 16.9. The normalized spacial score (nSPS) is 36.2. The van der Waals surface area contributed by atoms with Crippen molar-refractivity contribution in [2.24, 2.45) is 0 Å². The van der Waals surface area contributed by atoms with Gasteiger partial charge in [0.05, 0.1) is 18.2 Å². The number of urea groups is 1. The highest BCUT2D eigenvalue weighted by molar-refractivity contribution is 8.00. The highest BCUT2D eigenvalue weighted by Crippen LogP contribution is 2.33. The molecule has 1 aliphatic carbocycles. The molecule has 0 unspecified atom stereocenters. The van der Waals surface area contributed by atoms with Crippen LogP contribution in [0.25, 0.3) is 0 Å². The molecule has 2 heterocycles. The first-order chi connectivity index (χ1) is 11.1. The minimum Gasteiger partial charge on any atom is -0.393 e. The molecule has 0 spiro atoms. The van der Waals surface area contributed by atoms with Crippen LogP contribution in [0.2, 0.25) is 0 Å². The second-order valence-electron chi connectivity index (χ2n) is 6.94. The van der Waals surface area contributed by atoms with Crippen LogP contribution in [0.3, 0.4) is 0 Å². The largest absolute Gasteiger partial charge is 0.393 e. The molecule has 2 saturated heterocycles. The summed E-state index contributed by atoms with van der Waals surface area (Å²) in [6.45, 7) is 0. The van der Waals surface area contributed by atoms with Crippen LogP contribution >= 0.6 is 11.8 Å². The average Bonchev–Trinajstić information content (AvgIpc) is 3.06. The summed E-state index contributed by atoms with van der Waals surface area (Å²) in [4.78, 5) is 23.3. The van der Waals surface area contributed by atoms with Crippen molar-refractivity contribution in [3.05, 3.63) is 0 Å². The lowest BCUT2D eigenvalue weighted by Crippen LogP contribution is -2.38. The molecule has 3 rings (SSSR count). The van der Waals surface area contributed by atoms with Crippen molar-refractivity contribution in [3.8, 4) is 0 Å². The molecule has 0 aromatic carbocycles. The fraction of sp³-hybridized carbons (Fsp3) is 0.875. The van der Waals surface area contributed by atoms with Crippen molar-refractivity contribution in [1.82, 2.24) is 16.0 Å². The average molecular weight is 341 g/mol. The number of carbonyl (C=O) groups excluding carboxylic acids is 2. The quantitative estimate of drug-likeness (QED) is 0.431. The maximum Gasteiger partial charge on any atom is 0.315 e. The third-order valence-corrected chi connectivity index (χ3v) is 6.65. The van der Waals surface area contributed by atoms with Gasteiger partial charge in [0, 0.05) is 23.5 Å². The van der Waals surface area contributed by atoms with E-state index in [4.69, 9.17) is 0 Å². The minimum absolute atomic E-state index is 0.0396. The molecule has 0 bridgehead atoms. The van der Waals surface area contributed by atoms with E-state index in [1.165, 1.54) is 0 Å². The Bertz CT molecular complexity index is 440. The smallest absolute Gasteiger partial charge is 0.315 e. The Hall–Kier alpha value is -0.950. The van der Waals surface area contributed by atoms with Gasteiger partial charge in [-0.2, -0.15) is 11.8 Å². The number of thioether (sulfide) groups is 1. The van der Waals surface area contributed by atoms with E-state index in [1.54, 1.807) is 0 Å². The molecule has 0 radical (unpaired) electrons. The zero-order valence-electron chi connectivity index (χ0n) is 13.4. The van der Waals surface area contributed by atoms with Crippen LogP contribution < -0.4 is 16.0 Å². The van der Waals surface area contributed by atoms with E-state index in [-0.39, 0.29) is 36.2 Å². The van der Waals surface area contributed by atoms with Gasteiger partial charge in [0.1, 0.15) is 0 Å². The molecule has 3 aliphatic rings. The summed E-state index contributed by atoms with van der Waals surface area (Å²) in [7, 11) is 0. The van der Waals surface area contributed by atoms with Gasteiger partial charge >= 0.3 is 6.03 Å². The number of nitrogens with one attached hydrogen (secondary N) is 3. The second kappa shape index (κ2) is 7.75. The topological polar surface area (TPSA) is 90.5 Å². The zero-order chi connectivity index (χ0) is 16.2. The Labute approximate surface area is 141 Å². The number of rotatable bonds is 6. The van der Waals surface area contributed by atoms with Crippen molar-refractivity contribution in [2.75, 3.05) is 5.75 Å². The SMILES string of the molecule is O=C(CCCC[C@@H]1SC[C@@H]2NC(=O)N[C@@H]21)NC1CCC(O)CC1. The van der Waals surface area contributed by atoms with Gasteiger partial charge in [0.15, 0.2) is 0 Å². The van der Waals surface area contributed by atoms with E-state index in [0.717, 1.165) is 50.7 Å². The van der Waals surface area contributed by atoms with E-state index in [0.29, 0.717) is 11.7 Å². The highest BCUT2D eigenvalue weighted by Gasteiger charge is 2.42. The molecule has 0 aromatic heterocycles. The zero-order valence-corrected chi connectivity index (χ0v) is 14.2. The van der Waals surface area contributed by atoms with Crippen LogP contribution in [0.5, 0.6) is 0 Å². The van der Waals surface area contributed by atoms with Crippen LogP contribution in [-0.2, 0) is 4.79 Å². The highest BCUT2D eigenvalue weighted by atomic mass is 32.2. The first-order valence-corrected chi connectivity index (χ1v) is 9.83. The summed E-state index contributed by atoms with van der Waals surface area (Å²) in [5, 5.41) is 19.0. The maximum absolute atomic E-state index is 12.0. The molecular weight excluding hydrogens is 314 g/mol. The van der Waals surface area contributed by atoms with Gasteiger partial charge in [-0.1, -0.05) is 6.42 Å². The predicted octanol–water partition coefficient (Wildman–Crippen LogP) is 1.13. The summed E-state index contributed by atoms with van der Waals surface area (Å²) in [5.74, 6) is 1.13. The molecule has 2 aliphatic heterocycles. The lowest BCUT2D eigenvalue weighted by atomic mass is 9.93. The number of carbonyl (C=O) groups is 2. The molecule has 1 saturated carbocycles. The molecule has 3 amide bonds. The van der Waals surface area contributed by atoms with Crippen molar-refractivity contribution < 1.29 is 14.7 Å². The molecular formula is C16H27N3O3S. The van der Waals surface area contributed by atoms with E-state index in [1.807, 2.05) is 11.8 Å². The Balaban J connectivity index is 1.28. The molecule has 23 heavy (non-hydrogen) atoms. The molecule has 7 heteroatoms. The summed E-state index contributed by atoms with van der Waals surface area (Å²) in [6, 6.07) is 0.747. The number of aliphatic hydroxyl groups excluding tert-OH is 1. The minimum atomic E-state index is -0.179. The Morgan fingerprint density at radius 1 is 1.22 bits per heavy atom. The molecule has 6 nitrogen and oxygen atoms in total. The second-order valence-corrected chi connectivity index (χ2v) is 8.21. The van der Waals surface area contributed by atoms with Gasteiger partial charge in [-0.25, -0.2) is 4.79 Å². The lowest BCUT2D eigenvalue weighted by molar-refractivity contribution is -0.122. The van der Waals surface area contributed by atoms with E-state index in [2.05, 4.69) is 16.0 Å². The molecule has 130 valence electrons. The first-order valence-electron chi connectivity index (χ1n) is 8.78. The van der Waals surface area contributed by atoms with E-state index >= 15 is 0 Å². The maximum atomic E-state index is 12.0. The third kappa shape index (κ3) is 4.53. The number of amides is 3. The monoisotopic (exact) mass is 341 g/mol. The number of unbranched alkanes of at least 4 members (excludes halogenated alkanes) is 1. The third-order valence-electron chi connectivity index (χ3n) is 5.14. The fourth-order valence-corrected chi connectivity index (χ4v) is 5.34. The van der Waals surface area contributed by atoms with Crippen LogP contribution in [0.1, 0.15) is 51.4 Å². The fourth-order valence-electron chi connectivity index (χ4n) is 3.79. The molecule has 4 N–H and O–H groups in total. The van der Waals surface area contributed by atoms with Crippen LogP contribution in [0, 0.1) is 0 Å². The van der Waals surface area contributed by atoms with Crippen LogP contribution in [0.4, 0.5) is 4.79 Å². The number of hydrogen-bond acceptors (Lipinski definition) is 4. The summed E-state index contributed by atoms with van der Waals surface area (Å²) in [5.41, 5.74) is 0. The summed E-state index contributed by atoms with van der Waals surface area (Å²) < 4.78 is 0.